The van der Waals surface area contributed by atoms with E-state index in [0.29, 0.717) is 11.0 Å². The maximum absolute atomic E-state index is 10.8. The van der Waals surface area contributed by atoms with E-state index in [-0.39, 0.29) is 0 Å². The number of nitrogens with zero attached hydrogens (tertiary/aromatic N) is 1. The molecule has 0 rings (SSSR count). The highest BCUT2D eigenvalue weighted by Crippen LogP contribution is 2.15. The average molecular weight is 506 g/mol. The van der Waals surface area contributed by atoms with Gasteiger partial charge in [0.05, 0.1) is 36.0 Å². The quantitative estimate of drug-likeness (QED) is 0.0767. The zero-order valence-electron chi connectivity index (χ0n) is 23.1. The van der Waals surface area contributed by atoms with Crippen LogP contribution in [0.25, 0.3) is 0 Å². The van der Waals surface area contributed by atoms with Crippen LogP contribution in [0.2, 0.25) is 0 Å². The number of aliphatic hydroxyl groups is 1. The molecular formula is C28H59NO4S. The van der Waals surface area contributed by atoms with Crippen molar-refractivity contribution in [1.82, 2.24) is 0 Å². The Hall–Kier alpha value is -0.170. The van der Waals surface area contributed by atoms with Crippen LogP contribution in [0.4, 0.5) is 0 Å². The topological polar surface area (TPSA) is 77.4 Å². The van der Waals surface area contributed by atoms with Crippen molar-refractivity contribution in [3.8, 4) is 0 Å². The average Bonchev–Trinajstić information content (AvgIpc) is 2.76. The molecule has 0 aliphatic carbocycles. The van der Waals surface area contributed by atoms with Crippen molar-refractivity contribution in [2.45, 2.75) is 148 Å². The molecule has 0 aromatic rings. The van der Waals surface area contributed by atoms with Crippen LogP contribution < -0.4 is 0 Å². The van der Waals surface area contributed by atoms with Crippen LogP contribution in [-0.2, 0) is 10.1 Å². The number of hydrogen-bond acceptors (Lipinski definition) is 4. The van der Waals surface area contributed by atoms with Gasteiger partial charge in [0.2, 0.25) is 0 Å². The molecule has 0 heterocycles. The Morgan fingerprint density at radius 1 is 0.647 bits per heavy atom. The van der Waals surface area contributed by atoms with Gasteiger partial charge in [0.25, 0.3) is 0 Å². The van der Waals surface area contributed by atoms with Gasteiger partial charge in [-0.3, -0.25) is 0 Å². The van der Waals surface area contributed by atoms with E-state index in [1.807, 2.05) is 7.05 Å². The fraction of sp³-hybridized carbons (Fsp3) is 1.00. The first-order chi connectivity index (χ1) is 16.2. The summed E-state index contributed by atoms with van der Waals surface area (Å²) in [6.45, 7) is 6.41. The Bertz CT molecular complexity index is 541. The first kappa shape index (κ1) is 33.8. The van der Waals surface area contributed by atoms with Gasteiger partial charge < -0.3 is 14.1 Å². The minimum Gasteiger partial charge on any atom is -0.748 e. The molecular weight excluding hydrogens is 446 g/mol. The number of quaternary nitrogens is 1. The number of likely N-dealkylation sites (N-methyl/N-ethyl adjacent to an activating group) is 1. The van der Waals surface area contributed by atoms with Gasteiger partial charge in [0, 0.05) is 0 Å². The van der Waals surface area contributed by atoms with Gasteiger partial charge >= 0.3 is 0 Å². The molecule has 0 amide bonds. The van der Waals surface area contributed by atoms with Crippen LogP contribution in [-0.4, -0.2) is 61.1 Å². The number of hydrogen-bond donors (Lipinski definition) is 1. The van der Waals surface area contributed by atoms with E-state index in [9.17, 15) is 18.1 Å². The molecule has 0 saturated heterocycles. The van der Waals surface area contributed by atoms with E-state index < -0.39 is 22.0 Å². The Kier molecular flexibility index (Phi) is 21.9. The summed E-state index contributed by atoms with van der Waals surface area (Å²) in [4.78, 5) is 0. The van der Waals surface area contributed by atoms with E-state index in [4.69, 9.17) is 0 Å². The fourth-order valence-corrected chi connectivity index (χ4v) is 5.50. The lowest BCUT2D eigenvalue weighted by Crippen LogP contribution is -2.50. The van der Waals surface area contributed by atoms with Crippen molar-refractivity contribution in [1.29, 1.82) is 0 Å². The van der Waals surface area contributed by atoms with Crippen LogP contribution in [0.3, 0.4) is 0 Å². The molecule has 2 unspecified atom stereocenters. The second-order valence-electron chi connectivity index (χ2n) is 10.9. The van der Waals surface area contributed by atoms with Crippen LogP contribution in [0.15, 0.2) is 0 Å². The molecule has 206 valence electrons. The van der Waals surface area contributed by atoms with E-state index in [1.54, 1.807) is 0 Å². The summed E-state index contributed by atoms with van der Waals surface area (Å²) in [7, 11) is -2.33. The predicted octanol–water partition coefficient (Wildman–Crippen LogP) is 7.18. The molecule has 0 aromatic heterocycles. The van der Waals surface area contributed by atoms with Gasteiger partial charge in [0.1, 0.15) is 12.6 Å². The Balaban J connectivity index is 3.44. The van der Waals surface area contributed by atoms with Gasteiger partial charge in [-0.15, -0.1) is 0 Å². The standard InChI is InChI=1S/C28H59NO4S/c1-4-6-7-8-9-10-11-12-13-14-15-16-17-18-19-20-21-22-23-24-25-29(3,5-2)26-28(30)27-34(31,32)33/h28,30H,4-27H2,1-3H3. The van der Waals surface area contributed by atoms with E-state index in [0.717, 1.165) is 19.5 Å². The zero-order chi connectivity index (χ0) is 25.5. The lowest BCUT2D eigenvalue weighted by atomic mass is 10.0. The van der Waals surface area contributed by atoms with Crippen molar-refractivity contribution < 1.29 is 22.6 Å². The first-order valence-electron chi connectivity index (χ1n) is 14.7. The number of aliphatic hydroxyl groups excluding tert-OH is 1. The first-order valence-corrected chi connectivity index (χ1v) is 16.3. The van der Waals surface area contributed by atoms with Gasteiger partial charge in [-0.25, -0.2) is 8.42 Å². The SMILES string of the molecule is CCCCCCCCCCCCCCCCCCCCCC[N+](C)(CC)CC(O)CS(=O)(=O)[O-]. The highest BCUT2D eigenvalue weighted by molar-refractivity contribution is 7.85. The molecule has 0 aromatic carbocycles. The van der Waals surface area contributed by atoms with E-state index >= 15 is 0 Å². The zero-order valence-corrected chi connectivity index (χ0v) is 23.9. The number of rotatable bonds is 26. The summed E-state index contributed by atoms with van der Waals surface area (Å²) in [5, 5.41) is 9.92. The normalized spacial score (nSPS) is 14.9. The number of unbranched alkanes of at least 4 members (excludes halogenated alkanes) is 19. The van der Waals surface area contributed by atoms with Gasteiger partial charge in [0.15, 0.2) is 0 Å². The molecule has 5 nitrogen and oxygen atoms in total. The second kappa shape index (κ2) is 22.1. The second-order valence-corrected chi connectivity index (χ2v) is 12.4. The molecule has 0 fully saturated rings. The molecule has 34 heavy (non-hydrogen) atoms. The van der Waals surface area contributed by atoms with Crippen LogP contribution >= 0.6 is 0 Å². The summed E-state index contributed by atoms with van der Waals surface area (Å²) in [6.07, 6.45) is 26.3. The minimum atomic E-state index is -4.37. The maximum atomic E-state index is 10.8. The third-order valence-corrected chi connectivity index (χ3v) is 8.16. The van der Waals surface area contributed by atoms with Crippen LogP contribution in [0.5, 0.6) is 0 Å². The lowest BCUT2D eigenvalue weighted by Gasteiger charge is -2.35. The molecule has 0 aliphatic heterocycles. The van der Waals surface area contributed by atoms with Crippen LogP contribution in [0, 0.1) is 0 Å². The summed E-state index contributed by atoms with van der Waals surface area (Å²) in [5.41, 5.74) is 0. The smallest absolute Gasteiger partial charge is 0.116 e. The molecule has 1 N–H and O–H groups in total. The fourth-order valence-electron chi connectivity index (χ4n) is 4.92. The third kappa shape index (κ3) is 23.6. The molecule has 0 bridgehead atoms. The Morgan fingerprint density at radius 3 is 1.26 bits per heavy atom. The van der Waals surface area contributed by atoms with Crippen molar-refractivity contribution in [2.24, 2.45) is 0 Å². The van der Waals surface area contributed by atoms with E-state index in [2.05, 4.69) is 13.8 Å². The maximum Gasteiger partial charge on any atom is 0.116 e. The molecule has 6 heteroatoms. The predicted molar refractivity (Wildman–Crippen MR) is 145 cm³/mol. The molecule has 0 saturated carbocycles. The highest BCUT2D eigenvalue weighted by atomic mass is 32.2. The van der Waals surface area contributed by atoms with Gasteiger partial charge in [-0.1, -0.05) is 122 Å². The van der Waals surface area contributed by atoms with Crippen LogP contribution in [0.1, 0.15) is 142 Å². The third-order valence-electron chi connectivity index (χ3n) is 7.36. The van der Waals surface area contributed by atoms with Crippen molar-refractivity contribution >= 4 is 10.1 Å². The largest absolute Gasteiger partial charge is 0.748 e. The van der Waals surface area contributed by atoms with Crippen molar-refractivity contribution in [3.05, 3.63) is 0 Å². The van der Waals surface area contributed by atoms with E-state index in [1.165, 1.54) is 122 Å². The van der Waals surface area contributed by atoms with Crippen molar-refractivity contribution in [2.75, 3.05) is 32.4 Å². The Labute approximate surface area is 213 Å². The minimum absolute atomic E-state index is 0.330. The summed E-state index contributed by atoms with van der Waals surface area (Å²) in [6, 6.07) is 0. The summed E-state index contributed by atoms with van der Waals surface area (Å²) < 4.78 is 33.1. The lowest BCUT2D eigenvalue weighted by molar-refractivity contribution is -0.910. The molecule has 0 spiro atoms. The molecule has 2 atom stereocenters. The van der Waals surface area contributed by atoms with Crippen molar-refractivity contribution in [3.63, 3.8) is 0 Å². The Morgan fingerprint density at radius 2 is 0.971 bits per heavy atom. The highest BCUT2D eigenvalue weighted by Gasteiger charge is 2.24. The molecule has 0 radical (unpaired) electrons. The van der Waals surface area contributed by atoms with Gasteiger partial charge in [-0.2, -0.15) is 0 Å². The van der Waals surface area contributed by atoms with Gasteiger partial charge in [-0.05, 0) is 19.8 Å². The summed E-state index contributed by atoms with van der Waals surface area (Å²) in [5.74, 6) is -0.680. The monoisotopic (exact) mass is 505 g/mol. The molecule has 0 aliphatic rings. The summed E-state index contributed by atoms with van der Waals surface area (Å²) >= 11 is 0.